The van der Waals surface area contributed by atoms with Gasteiger partial charge in [0.1, 0.15) is 0 Å². The van der Waals surface area contributed by atoms with E-state index in [4.69, 9.17) is 0 Å². The SMILES string of the molecule is O=C(NCCCCc1ccccc1)NCCN1C(=O)c2ccccc2C1=O. The first kappa shape index (κ1) is 18.6. The molecule has 2 aromatic carbocycles. The molecule has 2 aromatic rings. The topological polar surface area (TPSA) is 78.5 Å². The molecule has 2 N–H and O–H groups in total. The van der Waals surface area contributed by atoms with Gasteiger partial charge in [-0.05, 0) is 37.0 Å². The Morgan fingerprint density at radius 1 is 0.778 bits per heavy atom. The van der Waals surface area contributed by atoms with Crippen LogP contribution < -0.4 is 10.6 Å². The van der Waals surface area contributed by atoms with Crippen LogP contribution in [0.3, 0.4) is 0 Å². The van der Waals surface area contributed by atoms with Crippen molar-refractivity contribution in [2.24, 2.45) is 0 Å². The maximum absolute atomic E-state index is 12.2. The second-order valence-corrected chi connectivity index (χ2v) is 6.43. The first-order valence-electron chi connectivity index (χ1n) is 9.17. The van der Waals surface area contributed by atoms with Crippen molar-refractivity contribution in [2.45, 2.75) is 19.3 Å². The van der Waals surface area contributed by atoms with Gasteiger partial charge in [-0.15, -0.1) is 0 Å². The van der Waals surface area contributed by atoms with Gasteiger partial charge in [-0.25, -0.2) is 4.79 Å². The molecule has 6 heteroatoms. The van der Waals surface area contributed by atoms with Gasteiger partial charge in [0.25, 0.3) is 11.8 Å². The van der Waals surface area contributed by atoms with E-state index in [-0.39, 0.29) is 30.9 Å². The van der Waals surface area contributed by atoms with E-state index in [9.17, 15) is 14.4 Å². The van der Waals surface area contributed by atoms with Gasteiger partial charge in [-0.2, -0.15) is 0 Å². The number of unbranched alkanes of at least 4 members (excludes halogenated alkanes) is 1. The van der Waals surface area contributed by atoms with E-state index in [1.807, 2.05) is 18.2 Å². The molecule has 0 atom stereocenters. The van der Waals surface area contributed by atoms with Crippen LogP contribution in [0.15, 0.2) is 54.6 Å². The number of urea groups is 1. The van der Waals surface area contributed by atoms with Crippen LogP contribution in [0.2, 0.25) is 0 Å². The number of benzene rings is 2. The third kappa shape index (κ3) is 4.73. The molecule has 1 aliphatic rings. The van der Waals surface area contributed by atoms with Crippen LogP contribution in [0.1, 0.15) is 39.1 Å². The molecule has 27 heavy (non-hydrogen) atoms. The van der Waals surface area contributed by atoms with E-state index in [0.717, 1.165) is 19.3 Å². The molecular weight excluding hydrogens is 342 g/mol. The molecule has 4 amide bonds. The number of amides is 4. The van der Waals surface area contributed by atoms with Gasteiger partial charge in [-0.3, -0.25) is 14.5 Å². The van der Waals surface area contributed by atoms with Crippen molar-refractivity contribution < 1.29 is 14.4 Å². The Morgan fingerprint density at radius 3 is 2.04 bits per heavy atom. The molecule has 0 fully saturated rings. The van der Waals surface area contributed by atoms with Crippen molar-refractivity contribution in [1.29, 1.82) is 0 Å². The number of nitrogens with one attached hydrogen (secondary N) is 2. The van der Waals surface area contributed by atoms with E-state index in [1.165, 1.54) is 10.5 Å². The summed E-state index contributed by atoms with van der Waals surface area (Å²) in [6.07, 6.45) is 2.88. The van der Waals surface area contributed by atoms with Crippen molar-refractivity contribution in [2.75, 3.05) is 19.6 Å². The van der Waals surface area contributed by atoms with Crippen LogP contribution in [-0.2, 0) is 6.42 Å². The fraction of sp³-hybridized carbons (Fsp3) is 0.286. The molecule has 0 bridgehead atoms. The molecule has 1 heterocycles. The number of carbonyl (C=O) groups excluding carboxylic acids is 3. The van der Waals surface area contributed by atoms with E-state index < -0.39 is 0 Å². The molecular formula is C21H23N3O3. The molecule has 0 spiro atoms. The second-order valence-electron chi connectivity index (χ2n) is 6.43. The Morgan fingerprint density at radius 2 is 1.37 bits per heavy atom. The molecule has 1 aliphatic heterocycles. The minimum absolute atomic E-state index is 0.160. The van der Waals surface area contributed by atoms with E-state index in [1.54, 1.807) is 24.3 Å². The average molecular weight is 365 g/mol. The quantitative estimate of drug-likeness (QED) is 0.557. The highest BCUT2D eigenvalue weighted by atomic mass is 16.2. The lowest BCUT2D eigenvalue weighted by Crippen LogP contribution is -2.42. The normalized spacial score (nSPS) is 12.8. The summed E-state index contributed by atoms with van der Waals surface area (Å²) in [5.41, 5.74) is 2.14. The first-order chi connectivity index (χ1) is 13.2. The van der Waals surface area contributed by atoms with Crippen molar-refractivity contribution in [3.63, 3.8) is 0 Å². The molecule has 0 aromatic heterocycles. The summed E-state index contributed by atoms with van der Waals surface area (Å²) >= 11 is 0. The maximum atomic E-state index is 12.2. The fourth-order valence-electron chi connectivity index (χ4n) is 3.09. The van der Waals surface area contributed by atoms with Crippen LogP contribution in [0, 0.1) is 0 Å². The number of carbonyl (C=O) groups is 3. The number of nitrogens with zero attached hydrogens (tertiary/aromatic N) is 1. The van der Waals surface area contributed by atoms with Crippen LogP contribution in [-0.4, -0.2) is 42.4 Å². The van der Waals surface area contributed by atoms with Crippen LogP contribution in [0.5, 0.6) is 0 Å². The highest BCUT2D eigenvalue weighted by Crippen LogP contribution is 2.21. The first-order valence-corrected chi connectivity index (χ1v) is 9.17. The number of rotatable bonds is 8. The Kier molecular flexibility index (Phi) is 6.20. The molecule has 0 saturated heterocycles. The zero-order valence-corrected chi connectivity index (χ0v) is 15.1. The molecule has 0 radical (unpaired) electrons. The van der Waals surface area contributed by atoms with Crippen molar-refractivity contribution in [3.05, 3.63) is 71.3 Å². The van der Waals surface area contributed by atoms with Crippen LogP contribution >= 0.6 is 0 Å². The van der Waals surface area contributed by atoms with E-state index in [2.05, 4.69) is 22.8 Å². The monoisotopic (exact) mass is 365 g/mol. The summed E-state index contributed by atoms with van der Waals surface area (Å²) in [5, 5.41) is 5.49. The summed E-state index contributed by atoms with van der Waals surface area (Å²) in [5.74, 6) is -0.613. The maximum Gasteiger partial charge on any atom is 0.314 e. The lowest BCUT2D eigenvalue weighted by Gasteiger charge is -2.14. The lowest BCUT2D eigenvalue weighted by atomic mass is 10.1. The Hall–Kier alpha value is -3.15. The van der Waals surface area contributed by atoms with Crippen LogP contribution in [0.4, 0.5) is 4.79 Å². The highest BCUT2D eigenvalue weighted by molar-refractivity contribution is 6.21. The summed E-state index contributed by atoms with van der Waals surface area (Å²) in [4.78, 5) is 37.4. The highest BCUT2D eigenvalue weighted by Gasteiger charge is 2.34. The largest absolute Gasteiger partial charge is 0.338 e. The van der Waals surface area contributed by atoms with Gasteiger partial charge >= 0.3 is 6.03 Å². The molecule has 0 aliphatic carbocycles. The average Bonchev–Trinajstić information content (AvgIpc) is 2.94. The lowest BCUT2D eigenvalue weighted by molar-refractivity contribution is 0.0656. The molecule has 0 unspecified atom stereocenters. The fourth-order valence-corrected chi connectivity index (χ4v) is 3.09. The number of hydrogen-bond acceptors (Lipinski definition) is 3. The Balaban J connectivity index is 1.31. The predicted octanol–water partition coefficient (Wildman–Crippen LogP) is 2.60. The molecule has 6 nitrogen and oxygen atoms in total. The second kappa shape index (κ2) is 8.98. The third-order valence-corrected chi connectivity index (χ3v) is 4.52. The van der Waals surface area contributed by atoms with Gasteiger partial charge in [0.2, 0.25) is 0 Å². The zero-order valence-electron chi connectivity index (χ0n) is 15.1. The minimum atomic E-state index is -0.307. The van der Waals surface area contributed by atoms with Gasteiger partial charge < -0.3 is 10.6 Å². The van der Waals surface area contributed by atoms with E-state index in [0.29, 0.717) is 17.7 Å². The van der Waals surface area contributed by atoms with Gasteiger partial charge in [0.05, 0.1) is 11.1 Å². The number of fused-ring (bicyclic) bond motifs is 1. The molecule has 140 valence electrons. The minimum Gasteiger partial charge on any atom is -0.338 e. The molecule has 3 rings (SSSR count). The van der Waals surface area contributed by atoms with Crippen molar-refractivity contribution >= 4 is 17.8 Å². The summed E-state index contributed by atoms with van der Waals surface area (Å²) in [6.45, 7) is 0.973. The Bertz CT molecular complexity index is 785. The summed E-state index contributed by atoms with van der Waals surface area (Å²) in [6, 6.07) is 16.7. The summed E-state index contributed by atoms with van der Waals surface area (Å²) < 4.78 is 0. The molecule has 0 saturated carbocycles. The van der Waals surface area contributed by atoms with Crippen molar-refractivity contribution in [1.82, 2.24) is 15.5 Å². The Labute approximate surface area is 158 Å². The third-order valence-electron chi connectivity index (χ3n) is 4.52. The number of imide groups is 1. The zero-order chi connectivity index (χ0) is 19.1. The smallest absolute Gasteiger partial charge is 0.314 e. The number of aryl methyl sites for hydroxylation is 1. The van der Waals surface area contributed by atoms with Gasteiger partial charge in [-0.1, -0.05) is 42.5 Å². The number of hydrogen-bond donors (Lipinski definition) is 2. The van der Waals surface area contributed by atoms with Crippen LogP contribution in [0.25, 0.3) is 0 Å². The van der Waals surface area contributed by atoms with Gasteiger partial charge in [0, 0.05) is 19.6 Å². The van der Waals surface area contributed by atoms with Crippen molar-refractivity contribution in [3.8, 4) is 0 Å². The standard InChI is InChI=1S/C21H23N3O3/c25-19-17-11-4-5-12-18(17)20(26)24(19)15-14-23-21(27)22-13-7-6-10-16-8-2-1-3-9-16/h1-5,8-9,11-12H,6-7,10,13-15H2,(H2,22,23,27). The predicted molar refractivity (Wildman–Crippen MR) is 103 cm³/mol. The summed E-state index contributed by atoms with van der Waals surface area (Å²) in [7, 11) is 0. The van der Waals surface area contributed by atoms with Gasteiger partial charge in [0.15, 0.2) is 0 Å². The van der Waals surface area contributed by atoms with E-state index >= 15 is 0 Å².